The van der Waals surface area contributed by atoms with Gasteiger partial charge < -0.3 is 19.5 Å². The molecule has 2 atom stereocenters. The van der Waals surface area contributed by atoms with E-state index in [1.165, 1.54) is 14.2 Å². The van der Waals surface area contributed by atoms with Gasteiger partial charge in [0, 0.05) is 29.5 Å². The van der Waals surface area contributed by atoms with Crippen LogP contribution >= 0.6 is 0 Å². The summed E-state index contributed by atoms with van der Waals surface area (Å²) in [6.07, 6.45) is 1.81. The molecule has 1 amide bonds. The summed E-state index contributed by atoms with van der Waals surface area (Å²) in [7, 11) is 4.41. The maximum Gasteiger partial charge on any atom is 0.332 e. The molecule has 0 radical (unpaired) electrons. The van der Waals surface area contributed by atoms with Crippen LogP contribution in [0.1, 0.15) is 27.4 Å². The number of ether oxygens (including phenoxy) is 3. The molecular weight excluding hydrogens is 430 g/mol. The standard InChI is InChI=1S/C28H29NO5/c1-5-24(23-17-16-22(32-2)18-25(23)33-3)28(27(31)34-4,19-20-12-8-6-9-13-20)29-26(30)21-14-10-7-11-15-21/h5-18,24H,1,19H2,2-4H3,(H,29,30)/t24-,28+/m0/s1. The first-order chi connectivity index (χ1) is 16.5. The van der Waals surface area contributed by atoms with Gasteiger partial charge in [0.1, 0.15) is 11.5 Å². The van der Waals surface area contributed by atoms with Crippen molar-refractivity contribution >= 4 is 11.9 Å². The summed E-state index contributed by atoms with van der Waals surface area (Å²) in [5.74, 6) is -0.582. The molecule has 0 aliphatic heterocycles. The van der Waals surface area contributed by atoms with Crippen LogP contribution in [-0.4, -0.2) is 38.7 Å². The number of methoxy groups -OCH3 is 3. The van der Waals surface area contributed by atoms with Gasteiger partial charge in [-0.15, -0.1) is 6.58 Å². The van der Waals surface area contributed by atoms with Crippen LogP contribution in [0.3, 0.4) is 0 Å². The fourth-order valence-corrected chi connectivity index (χ4v) is 4.12. The first-order valence-electron chi connectivity index (χ1n) is 10.8. The molecule has 6 nitrogen and oxygen atoms in total. The van der Waals surface area contributed by atoms with Crippen LogP contribution in [-0.2, 0) is 16.0 Å². The van der Waals surface area contributed by atoms with Gasteiger partial charge in [0.05, 0.1) is 21.3 Å². The minimum atomic E-state index is -1.51. The Hall–Kier alpha value is -4.06. The summed E-state index contributed by atoms with van der Waals surface area (Å²) in [4.78, 5) is 26.9. The highest BCUT2D eigenvalue weighted by Crippen LogP contribution is 2.40. The topological polar surface area (TPSA) is 73.9 Å². The average Bonchev–Trinajstić information content (AvgIpc) is 2.89. The molecule has 34 heavy (non-hydrogen) atoms. The molecule has 0 aliphatic carbocycles. The fraction of sp³-hybridized carbons (Fsp3) is 0.214. The summed E-state index contributed by atoms with van der Waals surface area (Å²) in [6.45, 7) is 4.01. The van der Waals surface area contributed by atoms with E-state index in [1.807, 2.05) is 36.4 Å². The zero-order valence-corrected chi connectivity index (χ0v) is 19.6. The van der Waals surface area contributed by atoms with Crippen LogP contribution in [0, 0.1) is 0 Å². The van der Waals surface area contributed by atoms with E-state index >= 15 is 0 Å². The number of hydrogen-bond donors (Lipinski definition) is 1. The predicted octanol–water partition coefficient (Wildman–Crippen LogP) is 4.56. The van der Waals surface area contributed by atoms with Crippen molar-refractivity contribution in [1.82, 2.24) is 5.32 Å². The Labute approximate surface area is 200 Å². The Bertz CT molecular complexity index is 1130. The van der Waals surface area contributed by atoms with Gasteiger partial charge >= 0.3 is 5.97 Å². The van der Waals surface area contributed by atoms with Crippen molar-refractivity contribution < 1.29 is 23.8 Å². The largest absolute Gasteiger partial charge is 0.497 e. The van der Waals surface area contributed by atoms with Crippen molar-refractivity contribution in [2.75, 3.05) is 21.3 Å². The maximum atomic E-state index is 13.6. The van der Waals surface area contributed by atoms with Crippen molar-refractivity contribution in [2.45, 2.75) is 17.9 Å². The highest BCUT2D eigenvalue weighted by Gasteiger charge is 2.48. The van der Waals surface area contributed by atoms with E-state index in [1.54, 1.807) is 55.7 Å². The Balaban J connectivity index is 2.21. The van der Waals surface area contributed by atoms with Crippen LogP contribution in [0.2, 0.25) is 0 Å². The van der Waals surface area contributed by atoms with E-state index in [9.17, 15) is 9.59 Å². The zero-order valence-electron chi connectivity index (χ0n) is 19.6. The summed E-state index contributed by atoms with van der Waals surface area (Å²) in [5, 5.41) is 3.00. The molecule has 0 saturated carbocycles. The molecule has 3 rings (SSSR count). The summed E-state index contributed by atoms with van der Waals surface area (Å²) in [6, 6.07) is 23.5. The monoisotopic (exact) mass is 459 g/mol. The third-order valence-electron chi connectivity index (χ3n) is 5.79. The lowest BCUT2D eigenvalue weighted by atomic mass is 9.74. The number of benzene rings is 3. The van der Waals surface area contributed by atoms with Crippen molar-refractivity contribution in [3.05, 3.63) is 108 Å². The Morgan fingerprint density at radius 2 is 1.59 bits per heavy atom. The van der Waals surface area contributed by atoms with Crippen molar-refractivity contribution in [1.29, 1.82) is 0 Å². The molecule has 0 unspecified atom stereocenters. The molecule has 176 valence electrons. The Morgan fingerprint density at radius 3 is 2.15 bits per heavy atom. The smallest absolute Gasteiger partial charge is 0.332 e. The van der Waals surface area contributed by atoms with Gasteiger partial charge in [-0.25, -0.2) is 4.79 Å². The molecule has 0 spiro atoms. The number of hydrogen-bond acceptors (Lipinski definition) is 5. The minimum absolute atomic E-state index is 0.172. The van der Waals surface area contributed by atoms with Crippen LogP contribution in [0.25, 0.3) is 0 Å². The number of carbonyl (C=O) groups is 2. The average molecular weight is 460 g/mol. The summed E-state index contributed by atoms with van der Waals surface area (Å²) < 4.78 is 16.2. The molecule has 3 aromatic rings. The summed E-state index contributed by atoms with van der Waals surface area (Å²) in [5.41, 5.74) is 0.425. The molecule has 0 fully saturated rings. The molecule has 1 N–H and O–H groups in total. The van der Waals surface area contributed by atoms with Gasteiger partial charge in [0.15, 0.2) is 5.54 Å². The molecule has 0 aromatic heterocycles. The van der Waals surface area contributed by atoms with Crippen molar-refractivity contribution in [3.63, 3.8) is 0 Å². The number of carbonyl (C=O) groups excluding carboxylic acids is 2. The van der Waals surface area contributed by atoms with Crippen LogP contribution in [0.5, 0.6) is 11.5 Å². The molecule has 0 heterocycles. The van der Waals surface area contributed by atoms with E-state index in [4.69, 9.17) is 14.2 Å². The lowest BCUT2D eigenvalue weighted by molar-refractivity contribution is -0.148. The van der Waals surface area contributed by atoms with Gasteiger partial charge in [-0.05, 0) is 23.8 Å². The molecule has 0 aliphatic rings. The minimum Gasteiger partial charge on any atom is -0.497 e. The van der Waals surface area contributed by atoms with Crippen LogP contribution in [0.15, 0.2) is 91.5 Å². The van der Waals surface area contributed by atoms with Crippen LogP contribution in [0.4, 0.5) is 0 Å². The molecular formula is C28H29NO5. The van der Waals surface area contributed by atoms with Gasteiger partial charge in [-0.2, -0.15) is 0 Å². The molecule has 0 bridgehead atoms. The van der Waals surface area contributed by atoms with E-state index in [2.05, 4.69) is 11.9 Å². The van der Waals surface area contributed by atoms with Gasteiger partial charge in [0.2, 0.25) is 0 Å². The van der Waals surface area contributed by atoms with Gasteiger partial charge in [-0.1, -0.05) is 60.7 Å². The van der Waals surface area contributed by atoms with Crippen LogP contribution < -0.4 is 14.8 Å². The predicted molar refractivity (Wildman–Crippen MR) is 131 cm³/mol. The lowest BCUT2D eigenvalue weighted by Crippen LogP contribution is -2.60. The quantitative estimate of drug-likeness (QED) is 0.355. The third kappa shape index (κ3) is 5.12. The highest BCUT2D eigenvalue weighted by molar-refractivity contribution is 5.99. The SMILES string of the molecule is C=C[C@@H](c1ccc(OC)cc1OC)[C@@](Cc1ccccc1)(NC(=O)c1ccccc1)C(=O)OC. The highest BCUT2D eigenvalue weighted by atomic mass is 16.5. The van der Waals surface area contributed by atoms with E-state index in [0.717, 1.165) is 5.56 Å². The van der Waals surface area contributed by atoms with E-state index in [-0.39, 0.29) is 6.42 Å². The second-order valence-electron chi connectivity index (χ2n) is 7.77. The normalized spacial score (nSPS) is 13.1. The van der Waals surface area contributed by atoms with E-state index < -0.39 is 23.3 Å². The summed E-state index contributed by atoms with van der Waals surface area (Å²) >= 11 is 0. The Kier molecular flexibility index (Phi) is 8.09. The number of rotatable bonds is 10. The maximum absolute atomic E-state index is 13.6. The van der Waals surface area contributed by atoms with Gasteiger partial charge in [0.25, 0.3) is 5.91 Å². The Morgan fingerprint density at radius 1 is 0.941 bits per heavy atom. The van der Waals surface area contributed by atoms with Crippen molar-refractivity contribution in [2.24, 2.45) is 0 Å². The fourth-order valence-electron chi connectivity index (χ4n) is 4.12. The first-order valence-corrected chi connectivity index (χ1v) is 10.8. The van der Waals surface area contributed by atoms with E-state index in [0.29, 0.717) is 22.6 Å². The second kappa shape index (κ2) is 11.2. The molecule has 6 heteroatoms. The first kappa shape index (κ1) is 24.6. The second-order valence-corrected chi connectivity index (χ2v) is 7.77. The number of amides is 1. The lowest BCUT2D eigenvalue weighted by Gasteiger charge is -2.38. The van der Waals surface area contributed by atoms with Crippen molar-refractivity contribution in [3.8, 4) is 11.5 Å². The third-order valence-corrected chi connectivity index (χ3v) is 5.79. The number of nitrogens with one attached hydrogen (secondary N) is 1. The number of esters is 1. The molecule has 3 aromatic carbocycles. The molecule has 0 saturated heterocycles. The zero-order chi connectivity index (χ0) is 24.6. The van der Waals surface area contributed by atoms with Gasteiger partial charge in [-0.3, -0.25) is 4.79 Å².